The molecule has 4 nitrogen and oxygen atoms in total. The fourth-order valence-electron chi connectivity index (χ4n) is 2.68. The van der Waals surface area contributed by atoms with E-state index >= 15 is 0 Å². The van der Waals surface area contributed by atoms with Crippen molar-refractivity contribution in [3.05, 3.63) is 47.8 Å². The number of hydrogen-bond acceptors (Lipinski definition) is 5. The van der Waals surface area contributed by atoms with E-state index in [4.69, 9.17) is 24.4 Å². The van der Waals surface area contributed by atoms with Crippen LogP contribution in [0.2, 0.25) is 0 Å². The molecule has 2 N–H and O–H groups in total. The lowest BCUT2D eigenvalue weighted by molar-refractivity contribution is -0.137. The van der Waals surface area contributed by atoms with Gasteiger partial charge < -0.3 is 10.6 Å². The maximum atomic E-state index is 13.0. The summed E-state index contributed by atoms with van der Waals surface area (Å²) < 4.78 is 40.2. The third-order valence-corrected chi connectivity index (χ3v) is 5.55. The zero-order chi connectivity index (χ0) is 21.2. The van der Waals surface area contributed by atoms with Crippen LogP contribution in [0.4, 0.5) is 13.2 Å². The molecular formula is C17H13F3N4S5. The lowest BCUT2D eigenvalue weighted by Gasteiger charge is -2.21. The van der Waals surface area contributed by atoms with Gasteiger partial charge >= 0.3 is 6.18 Å². The van der Waals surface area contributed by atoms with Gasteiger partial charge in [-0.3, -0.25) is 4.98 Å². The molecule has 0 aliphatic carbocycles. The Morgan fingerprint density at radius 3 is 2.59 bits per heavy atom. The van der Waals surface area contributed by atoms with Gasteiger partial charge in [0.15, 0.2) is 0 Å². The monoisotopic (exact) mass is 490 g/mol. The van der Waals surface area contributed by atoms with Crippen LogP contribution < -0.4 is 10.6 Å². The highest BCUT2D eigenvalue weighted by Crippen LogP contribution is 2.37. The third-order valence-electron chi connectivity index (χ3n) is 3.93. The first-order valence-electron chi connectivity index (χ1n) is 8.03. The molecule has 0 spiro atoms. The van der Waals surface area contributed by atoms with Crippen molar-refractivity contribution in [2.75, 3.05) is 6.54 Å². The first kappa shape index (κ1) is 22.2. The molecule has 29 heavy (non-hydrogen) atoms. The van der Waals surface area contributed by atoms with E-state index in [1.807, 2.05) is 0 Å². The predicted octanol–water partition coefficient (Wildman–Crippen LogP) is 5.03. The highest BCUT2D eigenvalue weighted by molar-refractivity contribution is 8.11. The molecule has 12 heteroatoms. The number of halogens is 3. The van der Waals surface area contributed by atoms with Crippen LogP contribution >= 0.6 is 61.0 Å². The first-order chi connectivity index (χ1) is 13.6. The van der Waals surface area contributed by atoms with E-state index in [1.165, 1.54) is 17.4 Å². The Morgan fingerprint density at radius 1 is 1.17 bits per heavy atom. The van der Waals surface area contributed by atoms with Crippen molar-refractivity contribution in [3.8, 4) is 10.6 Å². The van der Waals surface area contributed by atoms with Crippen LogP contribution in [0.15, 0.2) is 36.7 Å². The van der Waals surface area contributed by atoms with Gasteiger partial charge in [0.2, 0.25) is 0 Å². The van der Waals surface area contributed by atoms with Gasteiger partial charge in [-0.2, -0.15) is 13.2 Å². The lowest BCUT2D eigenvalue weighted by Crippen LogP contribution is -2.34. The number of rotatable bonds is 5. The molecule has 0 aliphatic heterocycles. The molecule has 1 atom stereocenters. The van der Waals surface area contributed by atoms with Gasteiger partial charge in [0, 0.05) is 30.1 Å². The normalized spacial score (nSPS) is 12.6. The molecule has 0 bridgehead atoms. The van der Waals surface area contributed by atoms with Crippen molar-refractivity contribution in [3.63, 3.8) is 0 Å². The third kappa shape index (κ3) is 5.57. The van der Waals surface area contributed by atoms with Crippen molar-refractivity contribution < 1.29 is 13.2 Å². The van der Waals surface area contributed by atoms with Crippen molar-refractivity contribution >= 4 is 79.9 Å². The van der Waals surface area contributed by atoms with E-state index < -0.39 is 11.7 Å². The molecule has 0 fully saturated rings. The summed E-state index contributed by atoms with van der Waals surface area (Å²) in [5.74, 6) is 0. The molecule has 3 aromatic rings. The van der Waals surface area contributed by atoms with E-state index in [2.05, 4.69) is 45.9 Å². The number of benzene rings is 1. The number of alkyl halides is 3. The second kappa shape index (κ2) is 9.13. The minimum absolute atomic E-state index is 0.274. The number of nitrogens with zero attached hydrogens (tertiary/aromatic N) is 2. The van der Waals surface area contributed by atoms with Gasteiger partial charge in [0.05, 0.1) is 21.8 Å². The lowest BCUT2D eigenvalue weighted by atomic mass is 10.0. The Kier molecular flexibility index (Phi) is 6.99. The van der Waals surface area contributed by atoms with Crippen LogP contribution in [0.3, 0.4) is 0 Å². The standard InChI is InChI=1S/C17H13F3N4S5/c18-17(19,20)8-1-2-13-11(5-8)23-14(29-13)9-3-4-21-6-10(9)12(24-16(27)28)7-22-15(25)26/h1-6,12H,7H2,(H2,22,25,26)(H2,24,27,28). The van der Waals surface area contributed by atoms with E-state index in [1.54, 1.807) is 18.5 Å². The summed E-state index contributed by atoms with van der Waals surface area (Å²) in [5.41, 5.74) is 1.02. The topological polar surface area (TPSA) is 49.8 Å². The number of fused-ring (bicyclic) bond motifs is 1. The van der Waals surface area contributed by atoms with Gasteiger partial charge in [-0.15, -0.1) is 36.6 Å². The van der Waals surface area contributed by atoms with Gasteiger partial charge in [0.25, 0.3) is 0 Å². The van der Waals surface area contributed by atoms with Gasteiger partial charge in [-0.05, 0) is 24.3 Å². The number of aromatic nitrogens is 2. The van der Waals surface area contributed by atoms with Gasteiger partial charge in [-0.25, -0.2) is 4.98 Å². The Balaban J connectivity index is 2.04. The summed E-state index contributed by atoms with van der Waals surface area (Å²) in [7, 11) is 0. The molecule has 0 saturated heterocycles. The molecule has 1 aromatic carbocycles. The Labute approximate surface area is 190 Å². The Bertz CT molecular complexity index is 1070. The maximum absolute atomic E-state index is 13.0. The van der Waals surface area contributed by atoms with E-state index in [9.17, 15) is 13.2 Å². The quantitative estimate of drug-likeness (QED) is 0.298. The van der Waals surface area contributed by atoms with Crippen LogP contribution in [-0.4, -0.2) is 25.2 Å². The van der Waals surface area contributed by atoms with Crippen molar-refractivity contribution in [2.24, 2.45) is 0 Å². The zero-order valence-electron chi connectivity index (χ0n) is 14.4. The molecule has 0 radical (unpaired) electrons. The summed E-state index contributed by atoms with van der Waals surface area (Å²) >= 11 is 19.5. The average Bonchev–Trinajstić information content (AvgIpc) is 3.07. The summed E-state index contributed by atoms with van der Waals surface area (Å²) in [6.45, 7) is 0.352. The van der Waals surface area contributed by atoms with Crippen molar-refractivity contribution in [1.29, 1.82) is 0 Å². The molecule has 152 valence electrons. The fraction of sp³-hybridized carbons (Fsp3) is 0.176. The number of pyridine rings is 1. The number of thiocarbonyl (C=S) groups is 2. The minimum atomic E-state index is -4.42. The summed E-state index contributed by atoms with van der Waals surface area (Å²) in [6.07, 6.45) is -1.18. The fourth-order valence-corrected chi connectivity index (χ4v) is 4.14. The molecule has 2 aromatic heterocycles. The van der Waals surface area contributed by atoms with Crippen LogP contribution in [0.25, 0.3) is 20.8 Å². The maximum Gasteiger partial charge on any atom is 0.416 e. The van der Waals surface area contributed by atoms with Crippen molar-refractivity contribution in [2.45, 2.75) is 12.2 Å². The number of thiazole rings is 1. The predicted molar refractivity (Wildman–Crippen MR) is 125 cm³/mol. The summed E-state index contributed by atoms with van der Waals surface area (Å²) in [6, 6.07) is 4.94. The molecule has 0 amide bonds. The minimum Gasteiger partial charge on any atom is -0.369 e. The number of thiol groups is 2. The van der Waals surface area contributed by atoms with Crippen LogP contribution in [0.5, 0.6) is 0 Å². The molecule has 0 aliphatic rings. The van der Waals surface area contributed by atoms with E-state index in [0.717, 1.165) is 23.3 Å². The zero-order valence-corrected chi connectivity index (χ0v) is 18.6. The number of hydrogen-bond donors (Lipinski definition) is 4. The first-order valence-corrected chi connectivity index (χ1v) is 10.6. The Morgan fingerprint density at radius 2 is 1.93 bits per heavy atom. The van der Waals surface area contributed by atoms with E-state index in [0.29, 0.717) is 20.6 Å². The molecule has 3 rings (SSSR count). The molecule has 0 saturated carbocycles. The second-order valence-electron chi connectivity index (χ2n) is 5.85. The van der Waals surface area contributed by atoms with Crippen molar-refractivity contribution in [1.82, 2.24) is 20.6 Å². The molecular weight excluding hydrogens is 478 g/mol. The summed E-state index contributed by atoms with van der Waals surface area (Å²) in [5, 5.41) is 6.57. The molecule has 2 heterocycles. The SMILES string of the molecule is FC(F)(F)c1ccc2sc(-c3ccncc3C(CNC(=S)S)NC(=S)S)nc2c1. The highest BCUT2D eigenvalue weighted by Gasteiger charge is 2.31. The van der Waals surface area contributed by atoms with Crippen LogP contribution in [0, 0.1) is 0 Å². The van der Waals surface area contributed by atoms with Gasteiger partial charge in [0.1, 0.15) is 13.6 Å². The second-order valence-corrected chi connectivity index (χ2v) is 9.20. The highest BCUT2D eigenvalue weighted by atomic mass is 32.1. The smallest absolute Gasteiger partial charge is 0.369 e. The van der Waals surface area contributed by atoms with Crippen LogP contribution in [0.1, 0.15) is 17.2 Å². The summed E-state index contributed by atoms with van der Waals surface area (Å²) in [4.78, 5) is 8.59. The van der Waals surface area contributed by atoms with Crippen LogP contribution in [-0.2, 0) is 6.18 Å². The van der Waals surface area contributed by atoms with Gasteiger partial charge in [-0.1, -0.05) is 24.4 Å². The average molecular weight is 491 g/mol. The van der Waals surface area contributed by atoms with E-state index in [-0.39, 0.29) is 15.9 Å². The molecule has 1 unspecified atom stereocenters. The number of nitrogens with one attached hydrogen (secondary N) is 2. The Hall–Kier alpha value is -1.47. The largest absolute Gasteiger partial charge is 0.416 e.